The number of ether oxygens (including phenoxy) is 1. The van der Waals surface area contributed by atoms with E-state index in [0.29, 0.717) is 11.6 Å². The van der Waals surface area contributed by atoms with Crippen LogP contribution >= 0.6 is 0 Å². The summed E-state index contributed by atoms with van der Waals surface area (Å²) < 4.78 is 7.54. The lowest BCUT2D eigenvalue weighted by molar-refractivity contribution is -0.129. The second-order valence-electron chi connectivity index (χ2n) is 7.00. The number of fused-ring (bicyclic) bond motifs is 1. The van der Waals surface area contributed by atoms with Crippen molar-refractivity contribution in [2.45, 2.75) is 6.42 Å². The van der Waals surface area contributed by atoms with E-state index in [1.54, 1.807) is 6.07 Å². The van der Waals surface area contributed by atoms with E-state index in [-0.39, 0.29) is 18.9 Å². The van der Waals surface area contributed by atoms with Gasteiger partial charge >= 0.3 is 0 Å². The van der Waals surface area contributed by atoms with Gasteiger partial charge in [-0.05, 0) is 23.8 Å². The number of hydrogen-bond acceptors (Lipinski definition) is 4. The molecular weight excluding hydrogens is 392 g/mol. The Morgan fingerprint density at radius 3 is 2.35 bits per heavy atom. The largest absolute Gasteiger partial charge is 0.483 e. The number of para-hydroxylation sites is 3. The fourth-order valence-electron chi connectivity index (χ4n) is 3.31. The van der Waals surface area contributed by atoms with Crippen LogP contribution in [0.5, 0.6) is 5.75 Å². The Morgan fingerprint density at radius 2 is 1.55 bits per heavy atom. The van der Waals surface area contributed by atoms with E-state index < -0.39 is 5.91 Å². The van der Waals surface area contributed by atoms with Crippen LogP contribution in [0.25, 0.3) is 22.2 Å². The SMILES string of the molecule is Cn1c(CC(=O)NNC(=O)COc2ccccc2-c2ccccc2)nc2ccccc21. The topological polar surface area (TPSA) is 85.2 Å². The van der Waals surface area contributed by atoms with Gasteiger partial charge in [0.25, 0.3) is 5.91 Å². The first kappa shape index (κ1) is 20.2. The van der Waals surface area contributed by atoms with Crippen LogP contribution < -0.4 is 15.6 Å². The Kier molecular flexibility index (Phi) is 5.93. The van der Waals surface area contributed by atoms with E-state index in [9.17, 15) is 9.59 Å². The van der Waals surface area contributed by atoms with Crippen LogP contribution in [0.4, 0.5) is 0 Å². The zero-order valence-corrected chi connectivity index (χ0v) is 17.0. The second-order valence-corrected chi connectivity index (χ2v) is 7.00. The molecular formula is C24H22N4O3. The number of carbonyl (C=O) groups excluding carboxylic acids is 2. The predicted octanol–water partition coefficient (Wildman–Crippen LogP) is 3.01. The van der Waals surface area contributed by atoms with Crippen LogP contribution in [-0.2, 0) is 23.1 Å². The summed E-state index contributed by atoms with van der Waals surface area (Å²) in [5, 5.41) is 0. The minimum Gasteiger partial charge on any atom is -0.483 e. The molecule has 4 aromatic rings. The zero-order chi connectivity index (χ0) is 21.6. The number of aromatic nitrogens is 2. The minimum absolute atomic E-state index is 0.0448. The molecule has 31 heavy (non-hydrogen) atoms. The third-order valence-electron chi connectivity index (χ3n) is 4.87. The first-order valence-corrected chi connectivity index (χ1v) is 9.87. The molecule has 7 heteroatoms. The molecule has 1 aromatic heterocycles. The minimum atomic E-state index is -0.457. The zero-order valence-electron chi connectivity index (χ0n) is 17.0. The number of nitrogens with zero attached hydrogens (tertiary/aromatic N) is 2. The Balaban J connectivity index is 1.31. The number of nitrogens with one attached hydrogen (secondary N) is 2. The van der Waals surface area contributed by atoms with Crippen LogP contribution in [0.1, 0.15) is 5.82 Å². The molecule has 3 aromatic carbocycles. The first-order valence-electron chi connectivity index (χ1n) is 9.87. The van der Waals surface area contributed by atoms with E-state index in [0.717, 1.165) is 22.2 Å². The first-order chi connectivity index (χ1) is 15.1. The van der Waals surface area contributed by atoms with Crippen molar-refractivity contribution < 1.29 is 14.3 Å². The molecule has 0 atom stereocenters. The third-order valence-corrected chi connectivity index (χ3v) is 4.87. The average molecular weight is 414 g/mol. The molecule has 2 amide bonds. The van der Waals surface area contributed by atoms with Crippen molar-refractivity contribution in [1.29, 1.82) is 0 Å². The van der Waals surface area contributed by atoms with Gasteiger partial charge in [-0.3, -0.25) is 20.4 Å². The Hall–Kier alpha value is -4.13. The third kappa shape index (κ3) is 4.72. The Labute approximate surface area is 179 Å². The molecule has 0 spiro atoms. The number of hydrazine groups is 1. The summed E-state index contributed by atoms with van der Waals surface area (Å²) in [5.41, 5.74) is 8.45. The number of hydrogen-bond donors (Lipinski definition) is 2. The summed E-state index contributed by atoms with van der Waals surface area (Å²) >= 11 is 0. The fourth-order valence-corrected chi connectivity index (χ4v) is 3.31. The monoisotopic (exact) mass is 414 g/mol. The van der Waals surface area contributed by atoms with E-state index in [2.05, 4.69) is 15.8 Å². The van der Waals surface area contributed by atoms with Crippen molar-refractivity contribution in [3.63, 3.8) is 0 Å². The highest BCUT2D eigenvalue weighted by Gasteiger charge is 2.13. The van der Waals surface area contributed by atoms with Gasteiger partial charge in [0, 0.05) is 12.6 Å². The number of imidazole rings is 1. The van der Waals surface area contributed by atoms with Gasteiger partial charge in [-0.2, -0.15) is 0 Å². The second kappa shape index (κ2) is 9.13. The number of amides is 2. The maximum Gasteiger partial charge on any atom is 0.276 e. The summed E-state index contributed by atoms with van der Waals surface area (Å²) in [6, 6.07) is 24.9. The van der Waals surface area contributed by atoms with Crippen LogP contribution in [0, 0.1) is 0 Å². The summed E-state index contributed by atoms with van der Waals surface area (Å²) in [6.45, 7) is -0.226. The van der Waals surface area contributed by atoms with Gasteiger partial charge < -0.3 is 9.30 Å². The number of carbonyl (C=O) groups is 2. The standard InChI is InChI=1S/C24H22N4O3/c1-28-20-13-7-6-12-19(20)25-22(28)15-23(29)26-27-24(30)16-31-21-14-8-5-11-18(21)17-9-3-2-4-10-17/h2-14H,15-16H2,1H3,(H,26,29)(H,27,30). The lowest BCUT2D eigenvalue weighted by atomic mass is 10.1. The van der Waals surface area contributed by atoms with Gasteiger partial charge in [-0.15, -0.1) is 0 Å². The molecule has 0 saturated carbocycles. The van der Waals surface area contributed by atoms with Crippen LogP contribution in [0.15, 0.2) is 78.9 Å². The maximum atomic E-state index is 12.2. The molecule has 0 saturated heterocycles. The van der Waals surface area contributed by atoms with Crippen molar-refractivity contribution in [1.82, 2.24) is 20.4 Å². The maximum absolute atomic E-state index is 12.2. The van der Waals surface area contributed by atoms with Crippen molar-refractivity contribution in [3.8, 4) is 16.9 Å². The van der Waals surface area contributed by atoms with E-state index in [1.165, 1.54) is 0 Å². The van der Waals surface area contributed by atoms with E-state index in [4.69, 9.17) is 4.74 Å². The lowest BCUT2D eigenvalue weighted by Crippen LogP contribution is -2.44. The summed E-state index contributed by atoms with van der Waals surface area (Å²) in [6.07, 6.45) is 0.0448. The molecule has 0 aliphatic heterocycles. The molecule has 0 aliphatic rings. The highest BCUT2D eigenvalue weighted by Crippen LogP contribution is 2.29. The smallest absolute Gasteiger partial charge is 0.276 e. The molecule has 0 unspecified atom stereocenters. The van der Waals surface area contributed by atoms with Crippen LogP contribution in [-0.4, -0.2) is 28.0 Å². The van der Waals surface area contributed by atoms with Crippen molar-refractivity contribution in [3.05, 3.63) is 84.7 Å². The number of rotatable bonds is 6. The van der Waals surface area contributed by atoms with Crippen LogP contribution in [0.3, 0.4) is 0 Å². The lowest BCUT2D eigenvalue weighted by Gasteiger charge is -2.12. The summed E-state index contributed by atoms with van der Waals surface area (Å²) in [7, 11) is 1.86. The highest BCUT2D eigenvalue weighted by atomic mass is 16.5. The van der Waals surface area contributed by atoms with Gasteiger partial charge in [0.1, 0.15) is 11.6 Å². The normalized spacial score (nSPS) is 10.6. The van der Waals surface area contributed by atoms with Gasteiger partial charge in [0.15, 0.2) is 6.61 Å². The molecule has 0 bridgehead atoms. The fraction of sp³-hybridized carbons (Fsp3) is 0.125. The number of aryl methyl sites for hydroxylation is 1. The summed E-state index contributed by atoms with van der Waals surface area (Å²) in [4.78, 5) is 28.9. The number of benzene rings is 3. The molecule has 1 heterocycles. The quantitative estimate of drug-likeness (QED) is 0.475. The van der Waals surface area contributed by atoms with Gasteiger partial charge in [-0.25, -0.2) is 4.98 Å². The molecule has 156 valence electrons. The summed E-state index contributed by atoms with van der Waals surface area (Å²) in [5.74, 6) is 0.383. The Morgan fingerprint density at radius 1 is 0.871 bits per heavy atom. The van der Waals surface area contributed by atoms with Crippen molar-refractivity contribution in [2.24, 2.45) is 7.05 Å². The molecule has 0 fully saturated rings. The molecule has 2 N–H and O–H groups in total. The van der Waals surface area contributed by atoms with Gasteiger partial charge in [0.2, 0.25) is 5.91 Å². The molecule has 7 nitrogen and oxygen atoms in total. The average Bonchev–Trinajstić information content (AvgIpc) is 3.12. The predicted molar refractivity (Wildman–Crippen MR) is 118 cm³/mol. The van der Waals surface area contributed by atoms with Gasteiger partial charge in [-0.1, -0.05) is 60.7 Å². The molecule has 0 radical (unpaired) electrons. The molecule has 0 aliphatic carbocycles. The highest BCUT2D eigenvalue weighted by molar-refractivity contribution is 5.84. The van der Waals surface area contributed by atoms with E-state index in [1.807, 2.05) is 84.4 Å². The Bertz CT molecular complexity index is 1220. The van der Waals surface area contributed by atoms with Crippen molar-refractivity contribution >= 4 is 22.8 Å². The van der Waals surface area contributed by atoms with E-state index >= 15 is 0 Å². The molecule has 4 rings (SSSR count). The van der Waals surface area contributed by atoms with Crippen molar-refractivity contribution in [2.75, 3.05) is 6.61 Å². The van der Waals surface area contributed by atoms with Crippen LogP contribution in [0.2, 0.25) is 0 Å². The van der Waals surface area contributed by atoms with Gasteiger partial charge in [0.05, 0.1) is 17.5 Å².